The smallest absolute Gasteiger partial charge is 0.329 e. The molecule has 0 aliphatic carbocycles. The van der Waals surface area contributed by atoms with E-state index in [-0.39, 0.29) is 11.6 Å². The number of fused-ring (bicyclic) bond motifs is 1. The molecule has 1 aromatic heterocycles. The van der Waals surface area contributed by atoms with Crippen LogP contribution in [0.25, 0.3) is 11.0 Å². The largest absolute Gasteiger partial charge is 0.354 e. The molecule has 1 saturated heterocycles. The van der Waals surface area contributed by atoms with Crippen LogP contribution in [0.3, 0.4) is 0 Å². The van der Waals surface area contributed by atoms with E-state index in [0.717, 1.165) is 30.4 Å². The van der Waals surface area contributed by atoms with Crippen LogP contribution >= 0.6 is 0 Å². The number of benzene rings is 1. The van der Waals surface area contributed by atoms with E-state index in [1.807, 2.05) is 24.3 Å². The maximum atomic E-state index is 12.6. The van der Waals surface area contributed by atoms with Crippen molar-refractivity contribution in [3.8, 4) is 0 Å². The van der Waals surface area contributed by atoms with E-state index in [9.17, 15) is 9.59 Å². The van der Waals surface area contributed by atoms with E-state index >= 15 is 0 Å². The zero-order chi connectivity index (χ0) is 16.9. The van der Waals surface area contributed by atoms with Gasteiger partial charge in [-0.25, -0.2) is 4.79 Å². The molecular formula is C18H26N4O2. The minimum absolute atomic E-state index is 0.00271. The number of aryl methyl sites for hydroxylation is 2. The van der Waals surface area contributed by atoms with Crippen LogP contribution in [-0.4, -0.2) is 34.2 Å². The standard InChI is InChI=1S/C18H26N4O2/c1-2-11-21-15-7-3-4-8-16(15)22(18(21)24)12-9-17(23)20-13-14-6-5-10-19-14/h3-4,7-8,14,19H,2,5-6,9-13H2,1H3,(H,20,23). The number of nitrogens with one attached hydrogen (secondary N) is 2. The molecule has 2 aromatic rings. The maximum absolute atomic E-state index is 12.6. The second kappa shape index (κ2) is 7.66. The van der Waals surface area contributed by atoms with Gasteiger partial charge in [-0.05, 0) is 37.9 Å². The van der Waals surface area contributed by atoms with Crippen LogP contribution in [0.2, 0.25) is 0 Å². The van der Waals surface area contributed by atoms with E-state index in [4.69, 9.17) is 0 Å². The zero-order valence-corrected chi connectivity index (χ0v) is 14.3. The number of carbonyl (C=O) groups is 1. The van der Waals surface area contributed by atoms with Gasteiger partial charge in [0.2, 0.25) is 5.91 Å². The summed E-state index contributed by atoms with van der Waals surface area (Å²) in [6, 6.07) is 8.18. The van der Waals surface area contributed by atoms with Crippen molar-refractivity contribution in [2.75, 3.05) is 13.1 Å². The maximum Gasteiger partial charge on any atom is 0.329 e. The molecule has 6 nitrogen and oxygen atoms in total. The molecule has 6 heteroatoms. The highest BCUT2D eigenvalue weighted by Crippen LogP contribution is 2.13. The lowest BCUT2D eigenvalue weighted by molar-refractivity contribution is -0.121. The zero-order valence-electron chi connectivity index (χ0n) is 14.3. The first-order valence-electron chi connectivity index (χ1n) is 8.89. The van der Waals surface area contributed by atoms with E-state index < -0.39 is 0 Å². The van der Waals surface area contributed by atoms with Crippen molar-refractivity contribution in [1.29, 1.82) is 0 Å². The molecule has 1 amide bonds. The lowest BCUT2D eigenvalue weighted by atomic mass is 10.2. The van der Waals surface area contributed by atoms with Crippen molar-refractivity contribution in [2.24, 2.45) is 0 Å². The van der Waals surface area contributed by atoms with Gasteiger partial charge in [0, 0.05) is 32.1 Å². The Labute approximate surface area is 141 Å². The number of hydrogen-bond donors (Lipinski definition) is 2. The average molecular weight is 330 g/mol. The quantitative estimate of drug-likeness (QED) is 0.808. The number of para-hydroxylation sites is 2. The third-order valence-corrected chi connectivity index (χ3v) is 4.64. The van der Waals surface area contributed by atoms with Gasteiger partial charge < -0.3 is 10.6 Å². The first-order valence-corrected chi connectivity index (χ1v) is 8.89. The molecule has 3 rings (SSSR count). The van der Waals surface area contributed by atoms with Crippen LogP contribution in [-0.2, 0) is 17.9 Å². The number of rotatable bonds is 7. The topological polar surface area (TPSA) is 68.1 Å². The molecule has 2 heterocycles. The van der Waals surface area contributed by atoms with Gasteiger partial charge in [0.05, 0.1) is 11.0 Å². The Morgan fingerprint density at radius 1 is 1.25 bits per heavy atom. The molecule has 1 aliphatic rings. The SMILES string of the molecule is CCCn1c(=O)n(CCC(=O)NCC2CCCN2)c2ccccc21. The summed E-state index contributed by atoms with van der Waals surface area (Å²) in [5, 5.41) is 6.33. The summed E-state index contributed by atoms with van der Waals surface area (Å²) in [5.74, 6) is 0.00271. The minimum atomic E-state index is -0.0247. The first-order chi connectivity index (χ1) is 11.7. The van der Waals surface area contributed by atoms with Crippen LogP contribution in [0, 0.1) is 0 Å². The summed E-state index contributed by atoms with van der Waals surface area (Å²) >= 11 is 0. The third kappa shape index (κ3) is 3.53. The fourth-order valence-corrected chi connectivity index (χ4v) is 3.40. The third-order valence-electron chi connectivity index (χ3n) is 4.64. The number of nitrogens with zero attached hydrogens (tertiary/aromatic N) is 2. The summed E-state index contributed by atoms with van der Waals surface area (Å²) in [6.45, 7) is 4.88. The molecule has 2 N–H and O–H groups in total. The van der Waals surface area contributed by atoms with Crippen LogP contribution in [0.5, 0.6) is 0 Å². The lowest BCUT2D eigenvalue weighted by Crippen LogP contribution is -2.37. The van der Waals surface area contributed by atoms with Crippen molar-refractivity contribution in [3.63, 3.8) is 0 Å². The summed E-state index contributed by atoms with van der Waals surface area (Å²) in [5.41, 5.74) is 1.82. The Hall–Kier alpha value is -2.08. The Morgan fingerprint density at radius 3 is 2.58 bits per heavy atom. The lowest BCUT2D eigenvalue weighted by Gasteiger charge is -2.11. The number of amides is 1. The molecule has 1 aromatic carbocycles. The first kappa shape index (κ1) is 16.8. The molecule has 1 unspecified atom stereocenters. The highest BCUT2D eigenvalue weighted by molar-refractivity contribution is 5.78. The number of hydrogen-bond acceptors (Lipinski definition) is 3. The Morgan fingerprint density at radius 2 is 1.96 bits per heavy atom. The van der Waals surface area contributed by atoms with Gasteiger partial charge in [-0.3, -0.25) is 13.9 Å². The Balaban J connectivity index is 1.67. The Kier molecular flexibility index (Phi) is 5.35. The van der Waals surface area contributed by atoms with Gasteiger partial charge in [-0.2, -0.15) is 0 Å². The molecule has 0 spiro atoms. The molecule has 24 heavy (non-hydrogen) atoms. The van der Waals surface area contributed by atoms with Crippen molar-refractivity contribution < 1.29 is 4.79 Å². The summed E-state index contributed by atoms with van der Waals surface area (Å²) < 4.78 is 3.52. The van der Waals surface area contributed by atoms with Crippen molar-refractivity contribution >= 4 is 16.9 Å². The number of carbonyl (C=O) groups excluding carboxylic acids is 1. The van der Waals surface area contributed by atoms with Crippen LogP contribution in [0.1, 0.15) is 32.6 Å². The summed E-state index contributed by atoms with van der Waals surface area (Å²) in [6.07, 6.45) is 3.52. The van der Waals surface area contributed by atoms with Gasteiger partial charge in [0.25, 0.3) is 0 Å². The fraction of sp³-hybridized carbons (Fsp3) is 0.556. The monoisotopic (exact) mass is 330 g/mol. The van der Waals surface area contributed by atoms with Gasteiger partial charge >= 0.3 is 5.69 Å². The molecule has 1 atom stereocenters. The van der Waals surface area contributed by atoms with E-state index in [2.05, 4.69) is 17.6 Å². The normalized spacial score (nSPS) is 17.5. The summed E-state index contributed by atoms with van der Waals surface area (Å²) in [7, 11) is 0. The molecule has 0 saturated carbocycles. The van der Waals surface area contributed by atoms with Gasteiger partial charge in [0.1, 0.15) is 0 Å². The van der Waals surface area contributed by atoms with Crippen molar-refractivity contribution in [3.05, 3.63) is 34.7 Å². The molecule has 1 aliphatic heterocycles. The molecule has 130 valence electrons. The van der Waals surface area contributed by atoms with Crippen LogP contribution < -0.4 is 16.3 Å². The van der Waals surface area contributed by atoms with Gasteiger partial charge in [-0.1, -0.05) is 19.1 Å². The van der Waals surface area contributed by atoms with E-state index in [1.165, 1.54) is 6.42 Å². The molecule has 0 bridgehead atoms. The average Bonchev–Trinajstić information content (AvgIpc) is 3.20. The predicted octanol–water partition coefficient (Wildman–Crippen LogP) is 1.47. The second-order valence-electron chi connectivity index (χ2n) is 6.42. The van der Waals surface area contributed by atoms with E-state index in [0.29, 0.717) is 32.1 Å². The predicted molar refractivity (Wildman–Crippen MR) is 95.1 cm³/mol. The van der Waals surface area contributed by atoms with Crippen LogP contribution in [0.15, 0.2) is 29.1 Å². The number of aromatic nitrogens is 2. The highest BCUT2D eigenvalue weighted by Gasteiger charge is 2.16. The fourth-order valence-electron chi connectivity index (χ4n) is 3.40. The van der Waals surface area contributed by atoms with Gasteiger partial charge in [-0.15, -0.1) is 0 Å². The van der Waals surface area contributed by atoms with Crippen molar-refractivity contribution in [2.45, 2.75) is 51.7 Å². The summed E-state index contributed by atoms with van der Waals surface area (Å²) in [4.78, 5) is 24.7. The minimum Gasteiger partial charge on any atom is -0.354 e. The van der Waals surface area contributed by atoms with Crippen molar-refractivity contribution in [1.82, 2.24) is 19.8 Å². The number of imidazole rings is 1. The highest BCUT2D eigenvalue weighted by atomic mass is 16.2. The second-order valence-corrected chi connectivity index (χ2v) is 6.42. The van der Waals surface area contributed by atoms with Gasteiger partial charge in [0.15, 0.2) is 0 Å². The molecule has 0 radical (unpaired) electrons. The Bertz CT molecular complexity index is 756. The molecular weight excluding hydrogens is 304 g/mol. The molecule has 1 fully saturated rings. The van der Waals surface area contributed by atoms with E-state index in [1.54, 1.807) is 9.13 Å². The van der Waals surface area contributed by atoms with Crippen LogP contribution in [0.4, 0.5) is 0 Å².